The van der Waals surface area contributed by atoms with Crippen molar-refractivity contribution in [3.05, 3.63) is 71.8 Å². The predicted octanol–water partition coefficient (Wildman–Crippen LogP) is 3.33. The summed E-state index contributed by atoms with van der Waals surface area (Å²) in [6.45, 7) is 0.703. The normalized spacial score (nSPS) is 12.3. The van der Waals surface area contributed by atoms with Gasteiger partial charge < -0.3 is 9.84 Å². The van der Waals surface area contributed by atoms with Crippen molar-refractivity contribution in [3.8, 4) is 0 Å². The zero-order valence-electron chi connectivity index (χ0n) is 10.3. The van der Waals surface area contributed by atoms with Gasteiger partial charge in [0, 0.05) is 13.0 Å². The van der Waals surface area contributed by atoms with Crippen LogP contribution in [0.15, 0.2) is 60.7 Å². The van der Waals surface area contributed by atoms with Gasteiger partial charge in [0.15, 0.2) is 0 Å². The van der Waals surface area contributed by atoms with E-state index in [0.717, 1.165) is 11.1 Å². The van der Waals surface area contributed by atoms with Gasteiger partial charge >= 0.3 is 0 Å². The first kappa shape index (κ1) is 12.8. The fraction of sp³-hybridized carbons (Fsp3) is 0.250. The smallest absolute Gasteiger partial charge is 0.0851 e. The van der Waals surface area contributed by atoms with Crippen LogP contribution in [0.1, 0.15) is 23.7 Å². The van der Waals surface area contributed by atoms with Gasteiger partial charge in [-0.05, 0) is 11.1 Å². The molecule has 0 saturated heterocycles. The van der Waals surface area contributed by atoms with Gasteiger partial charge in [-0.2, -0.15) is 0 Å². The zero-order valence-corrected chi connectivity index (χ0v) is 10.3. The first-order chi connectivity index (χ1) is 8.90. The molecule has 0 bridgehead atoms. The van der Waals surface area contributed by atoms with Crippen LogP contribution >= 0.6 is 0 Å². The molecule has 2 rings (SSSR count). The lowest BCUT2D eigenvalue weighted by Gasteiger charge is -2.17. The monoisotopic (exact) mass is 242 g/mol. The van der Waals surface area contributed by atoms with Crippen LogP contribution in [0.25, 0.3) is 0 Å². The molecule has 2 aromatic rings. The zero-order chi connectivity index (χ0) is 12.6. The van der Waals surface area contributed by atoms with Crippen LogP contribution in [0.2, 0.25) is 0 Å². The molecule has 2 heteroatoms. The van der Waals surface area contributed by atoms with E-state index in [1.165, 1.54) is 0 Å². The van der Waals surface area contributed by atoms with Crippen molar-refractivity contribution in [2.45, 2.75) is 19.1 Å². The minimum atomic E-state index is -0.0450. The lowest BCUT2D eigenvalue weighted by atomic mass is 10.1. The highest BCUT2D eigenvalue weighted by molar-refractivity contribution is 5.18. The third-order valence-corrected chi connectivity index (χ3v) is 2.86. The Labute approximate surface area is 108 Å². The van der Waals surface area contributed by atoms with Crippen molar-refractivity contribution in [3.63, 3.8) is 0 Å². The van der Waals surface area contributed by atoms with Gasteiger partial charge in [-0.15, -0.1) is 0 Å². The maximum Gasteiger partial charge on any atom is 0.0851 e. The van der Waals surface area contributed by atoms with Crippen molar-refractivity contribution < 1.29 is 9.84 Å². The van der Waals surface area contributed by atoms with E-state index >= 15 is 0 Å². The Morgan fingerprint density at radius 3 is 2.11 bits per heavy atom. The summed E-state index contributed by atoms with van der Waals surface area (Å²) >= 11 is 0. The summed E-state index contributed by atoms with van der Waals surface area (Å²) in [4.78, 5) is 0. The molecule has 94 valence electrons. The Hall–Kier alpha value is -1.64. The number of hydrogen-bond acceptors (Lipinski definition) is 2. The van der Waals surface area contributed by atoms with Crippen molar-refractivity contribution in [1.29, 1.82) is 0 Å². The molecule has 0 aliphatic carbocycles. The molecule has 1 unspecified atom stereocenters. The van der Waals surface area contributed by atoms with E-state index in [2.05, 4.69) is 0 Å². The highest BCUT2D eigenvalue weighted by atomic mass is 16.5. The highest BCUT2D eigenvalue weighted by Crippen LogP contribution is 2.22. The summed E-state index contributed by atoms with van der Waals surface area (Å²) in [5, 5.41) is 9.12. The summed E-state index contributed by atoms with van der Waals surface area (Å²) < 4.78 is 5.89. The summed E-state index contributed by atoms with van der Waals surface area (Å²) in [6.07, 6.45) is 0.577. The van der Waals surface area contributed by atoms with Crippen LogP contribution in [0.4, 0.5) is 0 Å². The van der Waals surface area contributed by atoms with E-state index in [0.29, 0.717) is 13.0 Å². The quantitative estimate of drug-likeness (QED) is 0.842. The van der Waals surface area contributed by atoms with Crippen molar-refractivity contribution in [2.24, 2.45) is 0 Å². The van der Waals surface area contributed by atoms with Crippen LogP contribution < -0.4 is 0 Å². The maximum absolute atomic E-state index is 9.12. The number of ether oxygens (including phenoxy) is 1. The summed E-state index contributed by atoms with van der Waals surface area (Å²) in [5.41, 5.74) is 2.26. The van der Waals surface area contributed by atoms with E-state index in [-0.39, 0.29) is 12.7 Å². The molecule has 0 radical (unpaired) electrons. The minimum absolute atomic E-state index is 0.0450. The molecule has 0 fully saturated rings. The van der Waals surface area contributed by atoms with E-state index in [4.69, 9.17) is 9.84 Å². The average molecular weight is 242 g/mol. The highest BCUT2D eigenvalue weighted by Gasteiger charge is 2.10. The Bertz CT molecular complexity index is 439. The molecule has 0 amide bonds. The number of hydrogen-bond donors (Lipinski definition) is 1. The van der Waals surface area contributed by atoms with Crippen molar-refractivity contribution in [2.75, 3.05) is 6.61 Å². The van der Waals surface area contributed by atoms with E-state index in [1.54, 1.807) is 0 Å². The van der Waals surface area contributed by atoms with Gasteiger partial charge in [0.2, 0.25) is 0 Å². The van der Waals surface area contributed by atoms with Crippen LogP contribution in [-0.2, 0) is 11.3 Å². The molecule has 0 aromatic heterocycles. The molecule has 2 nitrogen and oxygen atoms in total. The van der Waals surface area contributed by atoms with Crippen molar-refractivity contribution >= 4 is 0 Å². The second kappa shape index (κ2) is 6.94. The fourth-order valence-corrected chi connectivity index (χ4v) is 1.90. The molecule has 0 aliphatic rings. The average Bonchev–Trinajstić information content (AvgIpc) is 2.45. The van der Waals surface area contributed by atoms with Gasteiger partial charge in [0.1, 0.15) is 0 Å². The number of rotatable bonds is 6. The largest absolute Gasteiger partial charge is 0.396 e. The van der Waals surface area contributed by atoms with Crippen LogP contribution in [0.5, 0.6) is 0 Å². The Kier molecular flexibility index (Phi) is 4.94. The second-order valence-electron chi connectivity index (χ2n) is 4.21. The van der Waals surface area contributed by atoms with Gasteiger partial charge in [-0.3, -0.25) is 0 Å². The lowest BCUT2D eigenvalue weighted by Crippen LogP contribution is -2.06. The molecule has 0 spiro atoms. The summed E-state index contributed by atoms with van der Waals surface area (Å²) in [7, 11) is 0. The molecular formula is C16H18O2. The van der Waals surface area contributed by atoms with Crippen LogP contribution in [-0.4, -0.2) is 11.7 Å². The Balaban J connectivity index is 1.99. The standard InChI is InChI=1S/C16H18O2/c17-12-11-16(15-9-5-2-6-10-15)18-13-14-7-3-1-4-8-14/h1-10,16-17H,11-13H2. The van der Waals surface area contributed by atoms with E-state index in [9.17, 15) is 0 Å². The van der Waals surface area contributed by atoms with Crippen LogP contribution in [0.3, 0.4) is 0 Å². The van der Waals surface area contributed by atoms with Gasteiger partial charge in [0.25, 0.3) is 0 Å². The van der Waals surface area contributed by atoms with E-state index in [1.807, 2.05) is 60.7 Å². The predicted molar refractivity (Wildman–Crippen MR) is 72.1 cm³/mol. The first-order valence-electron chi connectivity index (χ1n) is 6.21. The molecule has 1 atom stereocenters. The molecular weight excluding hydrogens is 224 g/mol. The maximum atomic E-state index is 9.12. The van der Waals surface area contributed by atoms with Crippen LogP contribution in [0, 0.1) is 0 Å². The molecule has 0 heterocycles. The first-order valence-corrected chi connectivity index (χ1v) is 6.21. The minimum Gasteiger partial charge on any atom is -0.396 e. The van der Waals surface area contributed by atoms with E-state index < -0.39 is 0 Å². The number of aliphatic hydroxyl groups excluding tert-OH is 1. The molecule has 1 N–H and O–H groups in total. The number of benzene rings is 2. The van der Waals surface area contributed by atoms with Gasteiger partial charge in [0.05, 0.1) is 12.7 Å². The topological polar surface area (TPSA) is 29.5 Å². The fourth-order valence-electron chi connectivity index (χ4n) is 1.90. The number of aliphatic hydroxyl groups is 1. The third kappa shape index (κ3) is 3.69. The Morgan fingerprint density at radius 1 is 0.889 bits per heavy atom. The SMILES string of the molecule is OCCC(OCc1ccccc1)c1ccccc1. The molecule has 2 aromatic carbocycles. The van der Waals surface area contributed by atoms with Crippen molar-refractivity contribution in [1.82, 2.24) is 0 Å². The Morgan fingerprint density at radius 2 is 1.50 bits per heavy atom. The van der Waals surface area contributed by atoms with Gasteiger partial charge in [-0.25, -0.2) is 0 Å². The summed E-state index contributed by atoms with van der Waals surface area (Å²) in [5.74, 6) is 0. The van der Waals surface area contributed by atoms with Gasteiger partial charge in [-0.1, -0.05) is 60.7 Å². The molecule has 18 heavy (non-hydrogen) atoms. The molecule has 0 aliphatic heterocycles. The lowest BCUT2D eigenvalue weighted by molar-refractivity contribution is 0.0229. The molecule has 0 saturated carbocycles. The third-order valence-electron chi connectivity index (χ3n) is 2.86. The second-order valence-corrected chi connectivity index (χ2v) is 4.21. The summed E-state index contributed by atoms with van der Waals surface area (Å²) in [6, 6.07) is 20.1.